The SMILES string of the molecule is CCOC(=O)C1(COCc2ccccc2)CCN(C(=O)OCc2ccccc2)C1. The van der Waals surface area contributed by atoms with Crippen LogP contribution in [0.5, 0.6) is 0 Å². The third-order valence-electron chi connectivity index (χ3n) is 5.02. The van der Waals surface area contributed by atoms with Crippen molar-refractivity contribution < 1.29 is 23.8 Å². The Bertz CT molecular complexity index is 795. The zero-order chi connectivity index (χ0) is 20.5. The van der Waals surface area contributed by atoms with Crippen LogP contribution in [-0.2, 0) is 32.2 Å². The van der Waals surface area contributed by atoms with Crippen molar-refractivity contribution in [1.29, 1.82) is 0 Å². The molecule has 1 unspecified atom stereocenters. The van der Waals surface area contributed by atoms with Gasteiger partial charge in [0.25, 0.3) is 0 Å². The van der Waals surface area contributed by atoms with Gasteiger partial charge < -0.3 is 19.1 Å². The second kappa shape index (κ2) is 10.1. The molecule has 3 rings (SSSR count). The maximum absolute atomic E-state index is 12.7. The van der Waals surface area contributed by atoms with Gasteiger partial charge in [0.05, 0.1) is 19.8 Å². The van der Waals surface area contributed by atoms with Crippen LogP contribution in [0.4, 0.5) is 4.79 Å². The van der Waals surface area contributed by atoms with Crippen LogP contribution in [0.3, 0.4) is 0 Å². The second-order valence-corrected chi connectivity index (χ2v) is 7.19. The second-order valence-electron chi connectivity index (χ2n) is 7.19. The molecule has 2 aromatic rings. The summed E-state index contributed by atoms with van der Waals surface area (Å²) in [5.41, 5.74) is 1.09. The van der Waals surface area contributed by atoms with Crippen molar-refractivity contribution in [2.24, 2.45) is 5.41 Å². The quantitative estimate of drug-likeness (QED) is 0.634. The molecule has 0 spiro atoms. The first-order chi connectivity index (χ1) is 14.1. The fourth-order valence-corrected chi connectivity index (χ4v) is 3.40. The van der Waals surface area contributed by atoms with Crippen molar-refractivity contribution in [2.75, 3.05) is 26.3 Å². The molecule has 1 amide bonds. The third kappa shape index (κ3) is 5.57. The molecule has 29 heavy (non-hydrogen) atoms. The normalized spacial score (nSPS) is 18.4. The summed E-state index contributed by atoms with van der Waals surface area (Å²) in [5, 5.41) is 0. The van der Waals surface area contributed by atoms with Crippen LogP contribution in [0.2, 0.25) is 0 Å². The van der Waals surface area contributed by atoms with Gasteiger partial charge in [-0.2, -0.15) is 0 Å². The van der Waals surface area contributed by atoms with Gasteiger partial charge in [-0.3, -0.25) is 4.79 Å². The highest BCUT2D eigenvalue weighted by Gasteiger charge is 2.48. The number of hydrogen-bond donors (Lipinski definition) is 0. The van der Waals surface area contributed by atoms with Crippen molar-refractivity contribution in [3.8, 4) is 0 Å². The largest absolute Gasteiger partial charge is 0.465 e. The number of nitrogens with zero attached hydrogens (tertiary/aromatic N) is 1. The fourth-order valence-electron chi connectivity index (χ4n) is 3.40. The zero-order valence-corrected chi connectivity index (χ0v) is 16.7. The van der Waals surface area contributed by atoms with E-state index < -0.39 is 11.5 Å². The molecule has 1 aliphatic rings. The smallest absolute Gasteiger partial charge is 0.410 e. The Kier molecular flexibility index (Phi) is 7.25. The van der Waals surface area contributed by atoms with Gasteiger partial charge in [-0.05, 0) is 24.5 Å². The number of rotatable bonds is 8. The highest BCUT2D eigenvalue weighted by Crippen LogP contribution is 2.33. The van der Waals surface area contributed by atoms with Crippen LogP contribution in [-0.4, -0.2) is 43.3 Å². The maximum atomic E-state index is 12.7. The number of hydrogen-bond acceptors (Lipinski definition) is 5. The number of likely N-dealkylation sites (tertiary alicyclic amines) is 1. The summed E-state index contributed by atoms with van der Waals surface area (Å²) in [6.45, 7) is 3.53. The Labute approximate surface area is 171 Å². The van der Waals surface area contributed by atoms with Gasteiger partial charge in [-0.25, -0.2) is 4.79 Å². The Balaban J connectivity index is 1.58. The molecule has 1 aliphatic heterocycles. The van der Waals surface area contributed by atoms with Gasteiger partial charge in [-0.1, -0.05) is 60.7 Å². The van der Waals surface area contributed by atoms with Gasteiger partial charge in [0.1, 0.15) is 12.0 Å². The highest BCUT2D eigenvalue weighted by atomic mass is 16.6. The van der Waals surface area contributed by atoms with Gasteiger partial charge in [0, 0.05) is 13.1 Å². The third-order valence-corrected chi connectivity index (χ3v) is 5.02. The Hall–Kier alpha value is -2.86. The standard InChI is InChI=1S/C23H27NO5/c1-2-28-21(25)23(18-27-15-19-9-5-3-6-10-19)13-14-24(17-23)22(26)29-16-20-11-7-4-8-12-20/h3-12H,2,13-18H2,1H3. The van der Waals surface area contributed by atoms with Crippen molar-refractivity contribution in [3.05, 3.63) is 71.8 Å². The van der Waals surface area contributed by atoms with Gasteiger partial charge in [-0.15, -0.1) is 0 Å². The number of carbonyl (C=O) groups is 2. The summed E-state index contributed by atoms with van der Waals surface area (Å²) < 4.78 is 16.6. The fraction of sp³-hybridized carbons (Fsp3) is 0.391. The molecule has 0 N–H and O–H groups in total. The van der Waals surface area contributed by atoms with Crippen molar-refractivity contribution >= 4 is 12.1 Å². The summed E-state index contributed by atoms with van der Waals surface area (Å²) in [6.07, 6.45) is 0.0595. The monoisotopic (exact) mass is 397 g/mol. The van der Waals surface area contributed by atoms with E-state index in [1.807, 2.05) is 60.7 Å². The summed E-state index contributed by atoms with van der Waals surface area (Å²) >= 11 is 0. The van der Waals surface area contributed by atoms with E-state index in [0.29, 0.717) is 19.6 Å². The molecule has 0 saturated carbocycles. The molecular weight excluding hydrogens is 370 g/mol. The molecule has 0 aromatic heterocycles. The van der Waals surface area contributed by atoms with E-state index in [0.717, 1.165) is 11.1 Å². The lowest BCUT2D eigenvalue weighted by molar-refractivity contribution is -0.158. The average Bonchev–Trinajstić information content (AvgIpc) is 3.20. The van der Waals surface area contributed by atoms with E-state index in [1.54, 1.807) is 11.8 Å². The van der Waals surface area contributed by atoms with Gasteiger partial charge in [0.15, 0.2) is 0 Å². The van der Waals surface area contributed by atoms with Crippen LogP contribution in [0.25, 0.3) is 0 Å². The molecule has 1 fully saturated rings. The lowest BCUT2D eigenvalue weighted by Crippen LogP contribution is -2.41. The Morgan fingerprint density at radius 2 is 1.55 bits per heavy atom. The molecule has 2 aromatic carbocycles. The lowest BCUT2D eigenvalue weighted by atomic mass is 9.88. The van der Waals surface area contributed by atoms with Crippen molar-refractivity contribution in [2.45, 2.75) is 26.6 Å². The molecule has 1 heterocycles. The lowest BCUT2D eigenvalue weighted by Gasteiger charge is -2.26. The number of benzene rings is 2. The maximum Gasteiger partial charge on any atom is 0.410 e. The molecule has 154 valence electrons. The number of amides is 1. The van der Waals surface area contributed by atoms with Crippen molar-refractivity contribution in [3.63, 3.8) is 0 Å². The first-order valence-corrected chi connectivity index (χ1v) is 9.87. The van der Waals surface area contributed by atoms with Crippen LogP contribution < -0.4 is 0 Å². The molecular formula is C23H27NO5. The highest BCUT2D eigenvalue weighted by molar-refractivity contribution is 5.79. The zero-order valence-electron chi connectivity index (χ0n) is 16.7. The van der Waals surface area contributed by atoms with Gasteiger partial charge >= 0.3 is 12.1 Å². The first kappa shape index (κ1) is 20.9. The molecule has 0 aliphatic carbocycles. The van der Waals surface area contributed by atoms with E-state index in [4.69, 9.17) is 14.2 Å². The van der Waals surface area contributed by atoms with E-state index in [-0.39, 0.29) is 32.3 Å². The minimum Gasteiger partial charge on any atom is -0.465 e. The molecule has 1 saturated heterocycles. The average molecular weight is 397 g/mol. The van der Waals surface area contributed by atoms with Crippen LogP contribution in [0.1, 0.15) is 24.5 Å². The van der Waals surface area contributed by atoms with E-state index in [9.17, 15) is 9.59 Å². The van der Waals surface area contributed by atoms with E-state index in [2.05, 4.69) is 0 Å². The minimum absolute atomic E-state index is 0.198. The van der Waals surface area contributed by atoms with E-state index >= 15 is 0 Å². The Morgan fingerprint density at radius 3 is 2.17 bits per heavy atom. The van der Waals surface area contributed by atoms with Crippen LogP contribution in [0.15, 0.2) is 60.7 Å². The van der Waals surface area contributed by atoms with Crippen LogP contribution >= 0.6 is 0 Å². The first-order valence-electron chi connectivity index (χ1n) is 9.87. The topological polar surface area (TPSA) is 65.1 Å². The molecule has 6 nitrogen and oxygen atoms in total. The van der Waals surface area contributed by atoms with Crippen molar-refractivity contribution in [1.82, 2.24) is 4.90 Å². The summed E-state index contributed by atoms with van der Waals surface area (Å²) in [7, 11) is 0. The number of esters is 1. The molecule has 0 bridgehead atoms. The molecule has 0 radical (unpaired) electrons. The predicted molar refractivity (Wildman–Crippen MR) is 108 cm³/mol. The minimum atomic E-state index is -0.865. The Morgan fingerprint density at radius 1 is 0.931 bits per heavy atom. The molecule has 1 atom stereocenters. The summed E-state index contributed by atoms with van der Waals surface area (Å²) in [4.78, 5) is 26.7. The summed E-state index contributed by atoms with van der Waals surface area (Å²) in [5.74, 6) is -0.327. The van der Waals surface area contributed by atoms with Crippen LogP contribution in [0, 0.1) is 5.41 Å². The molecule has 6 heteroatoms. The number of ether oxygens (including phenoxy) is 3. The predicted octanol–water partition coefficient (Wildman–Crippen LogP) is 3.80. The van der Waals surface area contributed by atoms with E-state index in [1.165, 1.54) is 0 Å². The van der Waals surface area contributed by atoms with Gasteiger partial charge in [0.2, 0.25) is 0 Å². The summed E-state index contributed by atoms with van der Waals surface area (Å²) in [6, 6.07) is 19.3. The number of carbonyl (C=O) groups excluding carboxylic acids is 2.